The van der Waals surface area contributed by atoms with Crippen LogP contribution in [0.25, 0.3) is 6.08 Å². The SMILES string of the molecule is CC(C)NN(C(=O)Cc1ccc(C=CC(=O)Nc2ccccc2N)cc1)C(C)C. The number of benzene rings is 2. The van der Waals surface area contributed by atoms with Crippen molar-refractivity contribution in [2.75, 3.05) is 11.1 Å². The molecule has 6 nitrogen and oxygen atoms in total. The zero-order valence-electron chi connectivity index (χ0n) is 17.5. The number of nitrogens with one attached hydrogen (secondary N) is 2. The minimum atomic E-state index is -0.255. The van der Waals surface area contributed by atoms with E-state index >= 15 is 0 Å². The third-order valence-electron chi connectivity index (χ3n) is 4.16. The zero-order valence-corrected chi connectivity index (χ0v) is 17.5. The normalized spacial score (nSPS) is 11.2. The third-order valence-corrected chi connectivity index (χ3v) is 4.16. The van der Waals surface area contributed by atoms with Gasteiger partial charge in [0.15, 0.2) is 0 Å². The summed E-state index contributed by atoms with van der Waals surface area (Å²) in [5.74, 6) is -0.230. The molecule has 29 heavy (non-hydrogen) atoms. The molecule has 0 bridgehead atoms. The van der Waals surface area contributed by atoms with Crippen LogP contribution in [0.3, 0.4) is 0 Å². The fourth-order valence-electron chi connectivity index (χ4n) is 2.75. The Morgan fingerprint density at radius 1 is 1.03 bits per heavy atom. The van der Waals surface area contributed by atoms with Crippen LogP contribution < -0.4 is 16.5 Å². The Hall–Kier alpha value is -3.12. The van der Waals surface area contributed by atoms with Crippen molar-refractivity contribution in [1.82, 2.24) is 10.4 Å². The van der Waals surface area contributed by atoms with Gasteiger partial charge in [-0.2, -0.15) is 0 Å². The molecule has 4 N–H and O–H groups in total. The highest BCUT2D eigenvalue weighted by Crippen LogP contribution is 2.16. The predicted molar refractivity (Wildman–Crippen MR) is 119 cm³/mol. The first kappa shape index (κ1) is 22.2. The molecule has 6 heteroatoms. The minimum absolute atomic E-state index is 0.0248. The number of hydrogen-bond acceptors (Lipinski definition) is 4. The van der Waals surface area contributed by atoms with Crippen LogP contribution in [0.15, 0.2) is 54.6 Å². The van der Waals surface area contributed by atoms with E-state index in [4.69, 9.17) is 5.73 Å². The molecule has 0 unspecified atom stereocenters. The van der Waals surface area contributed by atoms with Crippen LogP contribution in [0.2, 0.25) is 0 Å². The lowest BCUT2D eigenvalue weighted by atomic mass is 10.1. The van der Waals surface area contributed by atoms with Crippen LogP contribution in [-0.2, 0) is 16.0 Å². The van der Waals surface area contributed by atoms with Gasteiger partial charge in [0.2, 0.25) is 11.8 Å². The number of hydrogen-bond donors (Lipinski definition) is 3. The fraction of sp³-hybridized carbons (Fsp3) is 0.304. The van der Waals surface area contributed by atoms with Crippen molar-refractivity contribution in [2.45, 2.75) is 46.2 Å². The number of nitrogen functional groups attached to an aromatic ring is 1. The quantitative estimate of drug-likeness (QED) is 0.363. The van der Waals surface area contributed by atoms with Crippen molar-refractivity contribution in [3.8, 4) is 0 Å². The van der Waals surface area contributed by atoms with Crippen molar-refractivity contribution < 1.29 is 9.59 Å². The summed E-state index contributed by atoms with van der Waals surface area (Å²) < 4.78 is 0. The van der Waals surface area contributed by atoms with E-state index in [-0.39, 0.29) is 23.9 Å². The lowest BCUT2D eigenvalue weighted by Crippen LogP contribution is -2.50. The molecule has 0 saturated carbocycles. The minimum Gasteiger partial charge on any atom is -0.397 e. The Balaban J connectivity index is 1.95. The number of amides is 2. The van der Waals surface area contributed by atoms with E-state index in [2.05, 4.69) is 10.7 Å². The van der Waals surface area contributed by atoms with Gasteiger partial charge in [0.05, 0.1) is 17.8 Å². The summed E-state index contributed by atoms with van der Waals surface area (Å²) in [5, 5.41) is 4.43. The van der Waals surface area contributed by atoms with Crippen LogP contribution in [0, 0.1) is 0 Å². The molecule has 0 aliphatic heterocycles. The van der Waals surface area contributed by atoms with Gasteiger partial charge in [0, 0.05) is 18.2 Å². The maximum Gasteiger partial charge on any atom is 0.248 e. The van der Waals surface area contributed by atoms with Crippen LogP contribution in [0.5, 0.6) is 0 Å². The van der Waals surface area contributed by atoms with Gasteiger partial charge in [-0.05, 0) is 57.0 Å². The molecular weight excluding hydrogens is 364 g/mol. The highest BCUT2D eigenvalue weighted by molar-refractivity contribution is 6.03. The van der Waals surface area contributed by atoms with Crippen molar-refractivity contribution in [1.29, 1.82) is 0 Å². The van der Waals surface area contributed by atoms with Crippen LogP contribution in [0.1, 0.15) is 38.8 Å². The van der Waals surface area contributed by atoms with Crippen LogP contribution >= 0.6 is 0 Å². The van der Waals surface area contributed by atoms with Gasteiger partial charge in [-0.15, -0.1) is 0 Å². The Morgan fingerprint density at radius 2 is 1.69 bits per heavy atom. The van der Waals surface area contributed by atoms with E-state index in [1.807, 2.05) is 64.1 Å². The van der Waals surface area contributed by atoms with Gasteiger partial charge < -0.3 is 11.1 Å². The van der Waals surface area contributed by atoms with E-state index in [9.17, 15) is 9.59 Å². The molecule has 2 amide bonds. The highest BCUT2D eigenvalue weighted by atomic mass is 16.2. The zero-order chi connectivity index (χ0) is 21.4. The largest absolute Gasteiger partial charge is 0.397 e. The molecule has 0 aliphatic rings. The number of carbonyl (C=O) groups excluding carboxylic acids is 2. The second-order valence-corrected chi connectivity index (χ2v) is 7.47. The van der Waals surface area contributed by atoms with Crippen molar-refractivity contribution in [3.63, 3.8) is 0 Å². The van der Waals surface area contributed by atoms with Crippen LogP contribution in [-0.4, -0.2) is 28.9 Å². The van der Waals surface area contributed by atoms with Crippen molar-refractivity contribution in [2.24, 2.45) is 0 Å². The Labute approximate surface area is 172 Å². The lowest BCUT2D eigenvalue weighted by Gasteiger charge is -2.29. The fourth-order valence-corrected chi connectivity index (χ4v) is 2.75. The topological polar surface area (TPSA) is 87.5 Å². The van der Waals surface area contributed by atoms with E-state index < -0.39 is 0 Å². The molecule has 2 aromatic rings. The summed E-state index contributed by atoms with van der Waals surface area (Å²) >= 11 is 0. The van der Waals surface area contributed by atoms with E-state index in [0.717, 1.165) is 11.1 Å². The summed E-state index contributed by atoms with van der Waals surface area (Å²) in [7, 11) is 0. The Bertz CT molecular complexity index is 857. The average molecular weight is 395 g/mol. The molecule has 0 atom stereocenters. The molecule has 0 saturated heterocycles. The highest BCUT2D eigenvalue weighted by Gasteiger charge is 2.17. The summed E-state index contributed by atoms with van der Waals surface area (Å²) in [6, 6.07) is 14.9. The summed E-state index contributed by atoms with van der Waals surface area (Å²) in [6.07, 6.45) is 3.50. The lowest BCUT2D eigenvalue weighted by molar-refractivity contribution is -0.136. The molecule has 0 aliphatic carbocycles. The monoisotopic (exact) mass is 394 g/mol. The van der Waals surface area contributed by atoms with E-state index in [0.29, 0.717) is 17.8 Å². The number of nitrogens with zero attached hydrogens (tertiary/aromatic N) is 1. The first-order chi connectivity index (χ1) is 13.8. The van der Waals surface area contributed by atoms with Gasteiger partial charge >= 0.3 is 0 Å². The molecule has 154 valence electrons. The maximum atomic E-state index is 12.6. The van der Waals surface area contributed by atoms with E-state index in [1.165, 1.54) is 6.08 Å². The molecule has 2 aromatic carbocycles. The first-order valence-electron chi connectivity index (χ1n) is 9.77. The number of hydrazine groups is 1. The number of nitrogens with two attached hydrogens (primary N) is 1. The maximum absolute atomic E-state index is 12.6. The first-order valence-corrected chi connectivity index (χ1v) is 9.77. The van der Waals surface area contributed by atoms with Gasteiger partial charge in [0.1, 0.15) is 0 Å². The second-order valence-electron chi connectivity index (χ2n) is 7.47. The summed E-state index contributed by atoms with van der Waals surface area (Å²) in [4.78, 5) is 24.6. The molecule has 0 aromatic heterocycles. The van der Waals surface area contributed by atoms with Gasteiger partial charge in [-0.1, -0.05) is 36.4 Å². The van der Waals surface area contributed by atoms with Crippen molar-refractivity contribution in [3.05, 3.63) is 65.7 Å². The second kappa shape index (κ2) is 10.4. The van der Waals surface area contributed by atoms with Crippen molar-refractivity contribution >= 4 is 29.3 Å². The smallest absolute Gasteiger partial charge is 0.248 e. The third kappa shape index (κ3) is 7.08. The number of para-hydroxylation sites is 2. The van der Waals surface area contributed by atoms with Gasteiger partial charge in [-0.3, -0.25) is 14.6 Å². The number of anilines is 2. The number of carbonyl (C=O) groups is 2. The summed E-state index contributed by atoms with van der Waals surface area (Å²) in [6.45, 7) is 7.97. The molecule has 0 spiro atoms. The molecule has 0 heterocycles. The molecular formula is C23H30N4O2. The Kier molecular flexibility index (Phi) is 7.98. The standard InChI is InChI=1S/C23H30N4O2/c1-16(2)26-27(17(3)4)23(29)15-19-11-9-18(10-12-19)13-14-22(28)25-21-8-6-5-7-20(21)24/h5-14,16-17,26H,15,24H2,1-4H3,(H,25,28). The Morgan fingerprint density at radius 3 is 2.28 bits per heavy atom. The molecule has 0 radical (unpaired) electrons. The molecule has 0 fully saturated rings. The molecule has 2 rings (SSSR count). The van der Waals surface area contributed by atoms with Crippen LogP contribution in [0.4, 0.5) is 11.4 Å². The van der Waals surface area contributed by atoms with E-state index in [1.54, 1.807) is 23.2 Å². The predicted octanol–water partition coefficient (Wildman–Crippen LogP) is 3.61. The summed E-state index contributed by atoms with van der Waals surface area (Å²) in [5.41, 5.74) is 11.9. The average Bonchev–Trinajstić information content (AvgIpc) is 2.67. The van der Waals surface area contributed by atoms with Gasteiger partial charge in [0.25, 0.3) is 0 Å². The number of rotatable bonds is 8. The van der Waals surface area contributed by atoms with Gasteiger partial charge in [-0.25, -0.2) is 5.43 Å².